The Morgan fingerprint density at radius 3 is 2.60 bits per heavy atom. The van der Waals surface area contributed by atoms with E-state index in [1.54, 1.807) is 0 Å². The van der Waals surface area contributed by atoms with E-state index in [1.165, 1.54) is 0 Å². The van der Waals surface area contributed by atoms with Gasteiger partial charge in [0.2, 0.25) is 0 Å². The smallest absolute Gasteiger partial charge is 0.125 e. The molecular formula is C11H16ClN3. The van der Waals surface area contributed by atoms with Gasteiger partial charge in [-0.15, -0.1) is 0 Å². The molecule has 1 aromatic rings. The van der Waals surface area contributed by atoms with Gasteiger partial charge in [0, 0.05) is 5.54 Å². The third kappa shape index (κ3) is 2.47. The van der Waals surface area contributed by atoms with Crippen molar-refractivity contribution in [2.45, 2.75) is 45.1 Å². The van der Waals surface area contributed by atoms with Crippen LogP contribution in [-0.2, 0) is 6.42 Å². The largest absolute Gasteiger partial charge is 0.325 e. The number of nitrogens with two attached hydrogens (primary N) is 1. The normalized spacial score (nSPS) is 17.9. The Morgan fingerprint density at radius 2 is 2.00 bits per heavy atom. The lowest BCUT2D eigenvalue weighted by atomic mass is 10.1. The van der Waals surface area contributed by atoms with Gasteiger partial charge in [-0.1, -0.05) is 11.6 Å². The first-order valence-electron chi connectivity index (χ1n) is 5.29. The number of hydrogen-bond acceptors (Lipinski definition) is 3. The van der Waals surface area contributed by atoms with E-state index < -0.39 is 0 Å². The van der Waals surface area contributed by atoms with Crippen molar-refractivity contribution in [1.29, 1.82) is 0 Å². The van der Waals surface area contributed by atoms with Crippen molar-refractivity contribution in [3.63, 3.8) is 0 Å². The van der Waals surface area contributed by atoms with Gasteiger partial charge in [-0.25, -0.2) is 9.97 Å². The maximum atomic E-state index is 6.15. The highest BCUT2D eigenvalue weighted by Crippen LogP contribution is 2.37. The Bertz CT molecular complexity index is 386. The lowest BCUT2D eigenvalue weighted by Gasteiger charge is -2.10. The number of nitrogens with zero attached hydrogens (tertiary/aromatic N) is 2. The van der Waals surface area contributed by atoms with Gasteiger partial charge in [0.15, 0.2) is 0 Å². The fourth-order valence-corrected chi connectivity index (χ4v) is 1.89. The number of aromatic nitrogens is 2. The molecule has 2 N–H and O–H groups in total. The highest BCUT2D eigenvalue weighted by molar-refractivity contribution is 6.31. The summed E-state index contributed by atoms with van der Waals surface area (Å²) in [5.41, 5.74) is 7.90. The summed E-state index contributed by atoms with van der Waals surface area (Å²) in [6.45, 7) is 3.80. The van der Waals surface area contributed by atoms with Crippen molar-refractivity contribution in [2.24, 2.45) is 5.73 Å². The Morgan fingerprint density at radius 1 is 1.33 bits per heavy atom. The monoisotopic (exact) mass is 225 g/mol. The molecule has 1 aliphatic carbocycles. The molecule has 0 amide bonds. The zero-order chi connectivity index (χ0) is 11.1. The molecule has 0 radical (unpaired) electrons. The molecule has 1 aromatic heterocycles. The van der Waals surface area contributed by atoms with E-state index in [-0.39, 0.29) is 5.54 Å². The molecule has 0 aromatic carbocycles. The lowest BCUT2D eigenvalue weighted by Crippen LogP contribution is -2.22. The van der Waals surface area contributed by atoms with E-state index in [2.05, 4.69) is 9.97 Å². The van der Waals surface area contributed by atoms with Crippen molar-refractivity contribution in [1.82, 2.24) is 9.97 Å². The molecule has 0 aliphatic heterocycles. The van der Waals surface area contributed by atoms with E-state index in [0.717, 1.165) is 42.9 Å². The second kappa shape index (κ2) is 3.72. The van der Waals surface area contributed by atoms with Gasteiger partial charge in [-0.3, -0.25) is 0 Å². The molecule has 0 spiro atoms. The van der Waals surface area contributed by atoms with E-state index in [1.807, 2.05) is 13.8 Å². The zero-order valence-electron chi connectivity index (χ0n) is 9.18. The summed E-state index contributed by atoms with van der Waals surface area (Å²) in [6, 6.07) is 0. The van der Waals surface area contributed by atoms with Crippen LogP contribution in [0.4, 0.5) is 0 Å². The minimum Gasteiger partial charge on any atom is -0.325 e. The van der Waals surface area contributed by atoms with Gasteiger partial charge in [0.05, 0.1) is 16.4 Å². The summed E-state index contributed by atoms with van der Waals surface area (Å²) in [5.74, 6) is 0.786. The Labute approximate surface area is 95.1 Å². The van der Waals surface area contributed by atoms with Crippen LogP contribution in [0.2, 0.25) is 5.02 Å². The molecule has 4 heteroatoms. The second-order valence-corrected chi connectivity index (χ2v) is 4.86. The summed E-state index contributed by atoms with van der Waals surface area (Å²) in [7, 11) is 0. The number of rotatable bonds is 3. The summed E-state index contributed by atoms with van der Waals surface area (Å²) < 4.78 is 0. The average molecular weight is 226 g/mol. The first-order valence-corrected chi connectivity index (χ1v) is 5.66. The summed E-state index contributed by atoms with van der Waals surface area (Å²) in [5, 5.41) is 0.699. The van der Waals surface area contributed by atoms with Gasteiger partial charge in [0.25, 0.3) is 0 Å². The molecule has 1 aliphatic rings. The van der Waals surface area contributed by atoms with E-state index in [0.29, 0.717) is 5.02 Å². The Balaban J connectivity index is 2.13. The molecule has 1 saturated carbocycles. The third-order valence-electron chi connectivity index (χ3n) is 2.95. The van der Waals surface area contributed by atoms with Crippen LogP contribution in [0.5, 0.6) is 0 Å². The second-order valence-electron chi connectivity index (χ2n) is 4.48. The molecule has 1 heterocycles. The Hall–Kier alpha value is -0.670. The number of halogens is 1. The van der Waals surface area contributed by atoms with Crippen molar-refractivity contribution >= 4 is 11.6 Å². The predicted molar refractivity (Wildman–Crippen MR) is 61.0 cm³/mol. The van der Waals surface area contributed by atoms with Crippen molar-refractivity contribution < 1.29 is 0 Å². The van der Waals surface area contributed by atoms with Crippen LogP contribution in [0.1, 0.15) is 36.5 Å². The maximum absolute atomic E-state index is 6.15. The van der Waals surface area contributed by atoms with Gasteiger partial charge < -0.3 is 5.73 Å². The van der Waals surface area contributed by atoms with Crippen LogP contribution in [0.25, 0.3) is 0 Å². The first-order chi connectivity index (χ1) is 7.00. The maximum Gasteiger partial charge on any atom is 0.125 e. The molecule has 3 nitrogen and oxygen atoms in total. The molecule has 0 bridgehead atoms. The SMILES string of the molecule is Cc1nc(C)c(Cl)c(CCC2(N)CC2)n1. The highest BCUT2D eigenvalue weighted by Gasteiger charge is 2.37. The van der Waals surface area contributed by atoms with Crippen LogP contribution < -0.4 is 5.73 Å². The topological polar surface area (TPSA) is 51.8 Å². The van der Waals surface area contributed by atoms with Gasteiger partial charge in [-0.05, 0) is 39.5 Å². The van der Waals surface area contributed by atoms with Crippen LogP contribution in [0.15, 0.2) is 0 Å². The third-order valence-corrected chi connectivity index (χ3v) is 3.44. The van der Waals surface area contributed by atoms with Gasteiger partial charge >= 0.3 is 0 Å². The zero-order valence-corrected chi connectivity index (χ0v) is 9.93. The minimum absolute atomic E-state index is 0.0656. The molecule has 0 unspecified atom stereocenters. The molecular weight excluding hydrogens is 210 g/mol. The van der Waals surface area contributed by atoms with Crippen molar-refractivity contribution in [2.75, 3.05) is 0 Å². The average Bonchev–Trinajstić information content (AvgIpc) is 2.88. The predicted octanol–water partition coefficient (Wildman–Crippen LogP) is 2.17. The van der Waals surface area contributed by atoms with E-state index in [4.69, 9.17) is 17.3 Å². The lowest BCUT2D eigenvalue weighted by molar-refractivity contribution is 0.601. The van der Waals surface area contributed by atoms with E-state index >= 15 is 0 Å². The van der Waals surface area contributed by atoms with E-state index in [9.17, 15) is 0 Å². The molecule has 82 valence electrons. The standard InChI is InChI=1S/C11H16ClN3/c1-7-10(12)9(15-8(2)14-7)3-4-11(13)5-6-11/h3-6,13H2,1-2H3. The van der Waals surface area contributed by atoms with Crippen molar-refractivity contribution in [3.05, 3.63) is 22.2 Å². The summed E-state index contributed by atoms with van der Waals surface area (Å²) in [4.78, 5) is 8.59. The van der Waals surface area contributed by atoms with Crippen LogP contribution >= 0.6 is 11.6 Å². The first kappa shape index (κ1) is 10.8. The minimum atomic E-state index is 0.0656. The quantitative estimate of drug-likeness (QED) is 0.858. The number of hydrogen-bond donors (Lipinski definition) is 1. The van der Waals surface area contributed by atoms with Gasteiger partial charge in [0.1, 0.15) is 5.82 Å². The molecule has 1 fully saturated rings. The highest BCUT2D eigenvalue weighted by atomic mass is 35.5. The molecule has 0 atom stereocenters. The summed E-state index contributed by atoms with van der Waals surface area (Å²) >= 11 is 6.15. The van der Waals surface area contributed by atoms with Gasteiger partial charge in [-0.2, -0.15) is 0 Å². The fraction of sp³-hybridized carbons (Fsp3) is 0.636. The fourth-order valence-electron chi connectivity index (χ4n) is 1.71. The molecule has 2 rings (SSSR count). The molecule has 15 heavy (non-hydrogen) atoms. The molecule has 0 saturated heterocycles. The summed E-state index contributed by atoms with van der Waals surface area (Å²) in [6.07, 6.45) is 4.10. The number of aryl methyl sites for hydroxylation is 3. The van der Waals surface area contributed by atoms with Crippen LogP contribution in [0.3, 0.4) is 0 Å². The van der Waals surface area contributed by atoms with Crippen molar-refractivity contribution in [3.8, 4) is 0 Å². The van der Waals surface area contributed by atoms with Crippen LogP contribution in [-0.4, -0.2) is 15.5 Å². The Kier molecular flexibility index (Phi) is 2.69. The van der Waals surface area contributed by atoms with Crippen LogP contribution in [0, 0.1) is 13.8 Å².